The maximum atomic E-state index is 11.3. The van der Waals surface area contributed by atoms with Crippen LogP contribution in [0.3, 0.4) is 0 Å². The summed E-state index contributed by atoms with van der Waals surface area (Å²) in [7, 11) is 4.95. The zero-order valence-corrected chi connectivity index (χ0v) is 15.0. The lowest BCUT2D eigenvalue weighted by Gasteiger charge is -2.22. The van der Waals surface area contributed by atoms with E-state index in [1.165, 1.54) is 0 Å². The number of halogens is 1. The molecular formula is C16H24ClN5O2. The van der Waals surface area contributed by atoms with E-state index in [0.717, 1.165) is 30.9 Å². The predicted molar refractivity (Wildman–Crippen MR) is 97.2 cm³/mol. The van der Waals surface area contributed by atoms with Crippen LogP contribution in [0.1, 0.15) is 6.42 Å². The number of hydrogen-bond acceptors (Lipinski definition) is 4. The molecule has 1 amide bonds. The third-order valence-electron chi connectivity index (χ3n) is 3.93. The molecular weight excluding hydrogens is 330 g/mol. The molecule has 2 rings (SSSR count). The molecule has 0 aliphatic carbocycles. The van der Waals surface area contributed by atoms with E-state index in [1.54, 1.807) is 21.2 Å². The molecule has 1 aromatic rings. The number of rotatable bonds is 5. The molecule has 0 saturated carbocycles. The van der Waals surface area contributed by atoms with Gasteiger partial charge in [0.2, 0.25) is 5.91 Å². The molecule has 0 radical (unpaired) electrons. The van der Waals surface area contributed by atoms with Crippen LogP contribution < -0.4 is 25.6 Å². The maximum Gasteiger partial charge on any atom is 0.239 e. The molecule has 1 atom stereocenters. The van der Waals surface area contributed by atoms with E-state index in [2.05, 4.69) is 25.8 Å². The van der Waals surface area contributed by atoms with Crippen LogP contribution in [-0.2, 0) is 4.79 Å². The van der Waals surface area contributed by atoms with Gasteiger partial charge in [-0.2, -0.15) is 0 Å². The number of hydrogen-bond donors (Lipinski definition) is 3. The second-order valence-electron chi connectivity index (χ2n) is 5.49. The van der Waals surface area contributed by atoms with Crippen molar-refractivity contribution in [1.29, 1.82) is 0 Å². The minimum atomic E-state index is -0.0883. The lowest BCUT2D eigenvalue weighted by atomic mass is 10.2. The molecule has 7 nitrogen and oxygen atoms in total. The topological polar surface area (TPSA) is 78.0 Å². The van der Waals surface area contributed by atoms with E-state index in [-0.39, 0.29) is 18.5 Å². The molecule has 1 unspecified atom stereocenters. The molecule has 3 N–H and O–H groups in total. The van der Waals surface area contributed by atoms with Gasteiger partial charge in [-0.05, 0) is 24.6 Å². The van der Waals surface area contributed by atoms with E-state index < -0.39 is 0 Å². The van der Waals surface area contributed by atoms with E-state index in [9.17, 15) is 4.79 Å². The molecule has 1 heterocycles. The quantitative estimate of drug-likeness (QED) is 0.540. The Morgan fingerprint density at radius 1 is 1.50 bits per heavy atom. The lowest BCUT2D eigenvalue weighted by molar-refractivity contribution is -0.119. The van der Waals surface area contributed by atoms with Gasteiger partial charge in [-0.15, -0.1) is 0 Å². The summed E-state index contributed by atoms with van der Waals surface area (Å²) in [6.45, 7) is 1.88. The van der Waals surface area contributed by atoms with Crippen LogP contribution in [0.25, 0.3) is 0 Å². The number of anilines is 1. The molecule has 132 valence electrons. The predicted octanol–water partition coefficient (Wildman–Crippen LogP) is 0.838. The second kappa shape index (κ2) is 8.63. The van der Waals surface area contributed by atoms with Gasteiger partial charge in [0.15, 0.2) is 5.96 Å². The van der Waals surface area contributed by atoms with Crippen molar-refractivity contribution >= 4 is 29.2 Å². The van der Waals surface area contributed by atoms with Gasteiger partial charge >= 0.3 is 0 Å². The van der Waals surface area contributed by atoms with Crippen molar-refractivity contribution in [1.82, 2.24) is 16.0 Å². The van der Waals surface area contributed by atoms with Gasteiger partial charge in [0, 0.05) is 38.2 Å². The smallest absolute Gasteiger partial charge is 0.239 e. The number of likely N-dealkylation sites (N-methyl/N-ethyl adjacent to an activating group) is 1. The largest absolute Gasteiger partial charge is 0.495 e. The Labute approximate surface area is 147 Å². The number of carbonyl (C=O) groups is 1. The Bertz CT molecular complexity index is 608. The van der Waals surface area contributed by atoms with Crippen LogP contribution in [0.2, 0.25) is 5.02 Å². The zero-order chi connectivity index (χ0) is 17.5. The normalized spacial score (nSPS) is 17.6. The zero-order valence-electron chi connectivity index (χ0n) is 14.2. The molecule has 1 aliphatic rings. The van der Waals surface area contributed by atoms with Crippen molar-refractivity contribution in [3.63, 3.8) is 0 Å². The maximum absolute atomic E-state index is 11.3. The summed E-state index contributed by atoms with van der Waals surface area (Å²) < 4.78 is 5.43. The van der Waals surface area contributed by atoms with E-state index >= 15 is 0 Å². The summed E-state index contributed by atoms with van der Waals surface area (Å²) in [4.78, 5) is 17.7. The average molecular weight is 354 g/mol. The van der Waals surface area contributed by atoms with Crippen LogP contribution in [0.4, 0.5) is 5.69 Å². The second-order valence-corrected chi connectivity index (χ2v) is 5.93. The third-order valence-corrected chi connectivity index (χ3v) is 4.16. The Balaban J connectivity index is 1.95. The summed E-state index contributed by atoms with van der Waals surface area (Å²) in [5, 5.41) is 9.59. The molecule has 1 aliphatic heterocycles. The van der Waals surface area contributed by atoms with Gasteiger partial charge in [0.25, 0.3) is 0 Å². The van der Waals surface area contributed by atoms with Crippen molar-refractivity contribution in [2.75, 3.05) is 45.7 Å². The lowest BCUT2D eigenvalue weighted by Crippen LogP contribution is -2.47. The number of carbonyl (C=O) groups excluding carboxylic acids is 1. The van der Waals surface area contributed by atoms with Gasteiger partial charge in [0.1, 0.15) is 5.75 Å². The van der Waals surface area contributed by atoms with E-state index in [0.29, 0.717) is 11.0 Å². The summed E-state index contributed by atoms with van der Waals surface area (Å²) in [5.41, 5.74) is 0.989. The number of nitrogens with zero attached hydrogens (tertiary/aromatic N) is 2. The minimum absolute atomic E-state index is 0.0883. The van der Waals surface area contributed by atoms with Gasteiger partial charge < -0.3 is 25.6 Å². The number of ether oxygens (including phenoxy) is 1. The Morgan fingerprint density at radius 3 is 2.96 bits per heavy atom. The fourth-order valence-corrected chi connectivity index (χ4v) is 2.81. The first-order chi connectivity index (χ1) is 11.6. The molecule has 24 heavy (non-hydrogen) atoms. The highest BCUT2D eigenvalue weighted by atomic mass is 35.5. The summed E-state index contributed by atoms with van der Waals surface area (Å²) >= 11 is 6.12. The fourth-order valence-electron chi connectivity index (χ4n) is 2.65. The SMILES string of the molecule is CN=C(NCC(=O)NC)NC1CCN(c2cc(Cl)ccc2OC)C1. The minimum Gasteiger partial charge on any atom is -0.495 e. The van der Waals surface area contributed by atoms with E-state index in [4.69, 9.17) is 16.3 Å². The first kappa shape index (κ1) is 18.2. The first-order valence-electron chi connectivity index (χ1n) is 7.83. The average Bonchev–Trinajstić information content (AvgIpc) is 3.06. The number of aliphatic imine (C=N–C) groups is 1. The number of amides is 1. The Hall–Kier alpha value is -2.15. The van der Waals surface area contributed by atoms with E-state index in [1.807, 2.05) is 18.2 Å². The highest BCUT2D eigenvalue weighted by molar-refractivity contribution is 6.30. The molecule has 1 saturated heterocycles. The number of guanidine groups is 1. The van der Waals surface area contributed by atoms with Crippen molar-refractivity contribution in [2.45, 2.75) is 12.5 Å². The van der Waals surface area contributed by atoms with Crippen LogP contribution in [-0.4, -0.2) is 58.7 Å². The third kappa shape index (κ3) is 4.67. The van der Waals surface area contributed by atoms with Crippen LogP contribution in [0.5, 0.6) is 5.75 Å². The van der Waals surface area contributed by atoms with Crippen molar-refractivity contribution < 1.29 is 9.53 Å². The number of nitrogens with one attached hydrogen (secondary N) is 3. The summed E-state index contributed by atoms with van der Waals surface area (Å²) in [5.74, 6) is 1.33. The molecule has 1 aromatic carbocycles. The molecule has 0 bridgehead atoms. The number of benzene rings is 1. The number of methoxy groups -OCH3 is 1. The Kier molecular flexibility index (Phi) is 6.54. The van der Waals surface area contributed by atoms with Crippen molar-refractivity contribution in [3.05, 3.63) is 23.2 Å². The standard InChI is InChI=1S/C16H24ClN5O2/c1-18-15(23)9-20-16(19-2)21-12-6-7-22(10-12)13-8-11(17)4-5-14(13)24-3/h4-5,8,12H,6-7,9-10H2,1-3H3,(H,18,23)(H2,19,20,21). The van der Waals surface area contributed by atoms with Crippen LogP contribution in [0, 0.1) is 0 Å². The molecule has 0 aromatic heterocycles. The van der Waals surface area contributed by atoms with Crippen molar-refractivity contribution in [2.24, 2.45) is 4.99 Å². The van der Waals surface area contributed by atoms with Crippen LogP contribution in [0.15, 0.2) is 23.2 Å². The summed E-state index contributed by atoms with van der Waals surface area (Å²) in [6.07, 6.45) is 0.955. The molecule has 1 fully saturated rings. The molecule has 0 spiro atoms. The molecule has 8 heteroatoms. The highest BCUT2D eigenvalue weighted by Gasteiger charge is 2.25. The van der Waals surface area contributed by atoms with Gasteiger partial charge in [0.05, 0.1) is 19.3 Å². The first-order valence-corrected chi connectivity index (χ1v) is 8.21. The summed E-state index contributed by atoms with van der Waals surface area (Å²) in [6, 6.07) is 5.84. The Morgan fingerprint density at radius 2 is 2.29 bits per heavy atom. The van der Waals surface area contributed by atoms with Crippen LogP contribution >= 0.6 is 11.6 Å². The van der Waals surface area contributed by atoms with Gasteiger partial charge in [-0.3, -0.25) is 9.79 Å². The highest BCUT2D eigenvalue weighted by Crippen LogP contribution is 2.33. The van der Waals surface area contributed by atoms with Gasteiger partial charge in [-0.25, -0.2) is 0 Å². The fraction of sp³-hybridized carbons (Fsp3) is 0.500. The van der Waals surface area contributed by atoms with Gasteiger partial charge in [-0.1, -0.05) is 11.6 Å². The monoisotopic (exact) mass is 353 g/mol. The van der Waals surface area contributed by atoms with Crippen molar-refractivity contribution in [3.8, 4) is 5.75 Å².